The summed E-state index contributed by atoms with van der Waals surface area (Å²) in [5.41, 5.74) is 3.33. The minimum Gasteiger partial charge on any atom is -0.503 e. The van der Waals surface area contributed by atoms with Gasteiger partial charge in [-0.05, 0) is 43.2 Å². The predicted molar refractivity (Wildman–Crippen MR) is 101 cm³/mol. The van der Waals surface area contributed by atoms with Crippen molar-refractivity contribution < 1.29 is 9.84 Å². The molecular formula is C19H24ClN3O2. The molecule has 1 aromatic heterocycles. The zero-order valence-electron chi connectivity index (χ0n) is 14.7. The lowest BCUT2D eigenvalue weighted by Gasteiger charge is -2.24. The lowest BCUT2D eigenvalue weighted by Crippen LogP contribution is -2.30. The van der Waals surface area contributed by atoms with Crippen LogP contribution in [0.5, 0.6) is 11.5 Å². The number of aryl methyl sites for hydroxylation is 1. The number of hydrogen-bond donors (Lipinski definition) is 1. The van der Waals surface area contributed by atoms with E-state index in [1.165, 1.54) is 12.8 Å². The molecule has 2 heterocycles. The van der Waals surface area contributed by atoms with E-state index in [9.17, 15) is 5.11 Å². The van der Waals surface area contributed by atoms with E-state index in [-0.39, 0.29) is 5.75 Å². The highest BCUT2D eigenvalue weighted by atomic mass is 35.5. The zero-order chi connectivity index (χ0) is 17.8. The number of phenolic OH excluding ortho intramolecular Hbond substituents is 1. The van der Waals surface area contributed by atoms with Gasteiger partial charge in [-0.15, -0.1) is 0 Å². The summed E-state index contributed by atoms with van der Waals surface area (Å²) in [6, 6.07) is 7.89. The van der Waals surface area contributed by atoms with Gasteiger partial charge in [0.2, 0.25) is 0 Å². The molecule has 1 aliphatic heterocycles. The number of phenols is 1. The van der Waals surface area contributed by atoms with Gasteiger partial charge in [0, 0.05) is 50.3 Å². The molecule has 0 radical (unpaired) electrons. The number of aromatic nitrogens is 1. The molecule has 25 heavy (non-hydrogen) atoms. The fourth-order valence-electron chi connectivity index (χ4n) is 3.25. The predicted octanol–water partition coefficient (Wildman–Crippen LogP) is 3.47. The first-order valence-electron chi connectivity index (χ1n) is 8.52. The zero-order valence-corrected chi connectivity index (χ0v) is 15.5. The third-order valence-corrected chi connectivity index (χ3v) is 4.84. The van der Waals surface area contributed by atoms with E-state index >= 15 is 0 Å². The molecule has 0 unspecified atom stereocenters. The summed E-state index contributed by atoms with van der Waals surface area (Å²) in [4.78, 5) is 9.11. The summed E-state index contributed by atoms with van der Waals surface area (Å²) in [5, 5.41) is 10.2. The molecule has 6 heteroatoms. The topological polar surface area (TPSA) is 48.8 Å². The number of aromatic hydroxyl groups is 1. The Morgan fingerprint density at radius 3 is 2.80 bits per heavy atom. The van der Waals surface area contributed by atoms with Crippen LogP contribution in [0.4, 0.5) is 5.69 Å². The second kappa shape index (κ2) is 7.93. The highest BCUT2D eigenvalue weighted by Gasteiger charge is 2.17. The molecule has 2 aromatic rings. The van der Waals surface area contributed by atoms with Crippen molar-refractivity contribution in [3.63, 3.8) is 0 Å². The number of halogens is 1. The summed E-state index contributed by atoms with van der Waals surface area (Å²) in [7, 11) is 1.54. The van der Waals surface area contributed by atoms with Crippen molar-refractivity contribution in [1.82, 2.24) is 9.88 Å². The number of rotatable bonds is 4. The molecule has 5 nitrogen and oxygen atoms in total. The fraction of sp³-hybridized carbons (Fsp3) is 0.421. The Morgan fingerprint density at radius 1 is 1.20 bits per heavy atom. The highest BCUT2D eigenvalue weighted by molar-refractivity contribution is 6.32. The van der Waals surface area contributed by atoms with Gasteiger partial charge in [-0.1, -0.05) is 11.6 Å². The van der Waals surface area contributed by atoms with Crippen LogP contribution in [0.2, 0.25) is 5.02 Å². The Hall–Kier alpha value is -1.98. The molecule has 1 N–H and O–H groups in total. The molecule has 0 bridgehead atoms. The van der Waals surface area contributed by atoms with Gasteiger partial charge in [0.05, 0.1) is 12.1 Å². The lowest BCUT2D eigenvalue weighted by atomic mass is 10.2. The van der Waals surface area contributed by atoms with E-state index in [0.717, 1.165) is 50.4 Å². The summed E-state index contributed by atoms with van der Waals surface area (Å²) in [6.07, 6.45) is 2.97. The average Bonchev–Trinajstić information content (AvgIpc) is 2.83. The quantitative estimate of drug-likeness (QED) is 0.903. The maximum absolute atomic E-state index is 9.87. The largest absolute Gasteiger partial charge is 0.503 e. The molecule has 134 valence electrons. The number of anilines is 1. The van der Waals surface area contributed by atoms with Crippen LogP contribution in [-0.4, -0.2) is 48.3 Å². The Bertz CT molecular complexity index is 739. The van der Waals surface area contributed by atoms with Gasteiger partial charge in [0.1, 0.15) is 0 Å². The Morgan fingerprint density at radius 2 is 2.04 bits per heavy atom. The summed E-state index contributed by atoms with van der Waals surface area (Å²) >= 11 is 6.10. The Labute approximate surface area is 153 Å². The van der Waals surface area contributed by atoms with Crippen molar-refractivity contribution >= 4 is 17.3 Å². The summed E-state index contributed by atoms with van der Waals surface area (Å²) in [5.74, 6) is 0.425. The standard InChI is InChI=1S/C19H24ClN3O2/c1-14-10-16(4-5-21-14)23-7-3-6-22(8-9-23)13-15-11-17(20)19(24)18(12-15)25-2/h4-5,10-12,24H,3,6-9,13H2,1-2H3. The van der Waals surface area contributed by atoms with Gasteiger partial charge < -0.3 is 14.7 Å². The van der Waals surface area contributed by atoms with Crippen LogP contribution in [0.3, 0.4) is 0 Å². The number of pyridine rings is 1. The molecule has 1 aromatic carbocycles. The van der Waals surface area contributed by atoms with Gasteiger partial charge in [-0.2, -0.15) is 0 Å². The minimum atomic E-state index is 0.00279. The average molecular weight is 362 g/mol. The van der Waals surface area contributed by atoms with E-state index in [0.29, 0.717) is 10.8 Å². The number of nitrogens with zero attached hydrogens (tertiary/aromatic N) is 3. The molecule has 0 amide bonds. The second-order valence-corrected chi connectivity index (χ2v) is 6.81. The molecule has 0 atom stereocenters. The highest BCUT2D eigenvalue weighted by Crippen LogP contribution is 2.35. The van der Waals surface area contributed by atoms with Crippen LogP contribution < -0.4 is 9.64 Å². The van der Waals surface area contributed by atoms with Crippen molar-refractivity contribution in [3.05, 3.63) is 46.7 Å². The van der Waals surface area contributed by atoms with Crippen molar-refractivity contribution in [2.75, 3.05) is 38.2 Å². The fourth-order valence-corrected chi connectivity index (χ4v) is 3.48. The Balaban J connectivity index is 1.67. The van der Waals surface area contributed by atoms with Crippen LogP contribution >= 0.6 is 11.6 Å². The van der Waals surface area contributed by atoms with E-state index in [2.05, 4.69) is 26.9 Å². The van der Waals surface area contributed by atoms with Crippen molar-refractivity contribution in [1.29, 1.82) is 0 Å². The van der Waals surface area contributed by atoms with Gasteiger partial charge in [-0.25, -0.2) is 0 Å². The van der Waals surface area contributed by atoms with E-state index < -0.39 is 0 Å². The third kappa shape index (κ3) is 4.35. The summed E-state index contributed by atoms with van der Waals surface area (Å²) in [6.45, 7) is 6.84. The van der Waals surface area contributed by atoms with Crippen LogP contribution in [0.25, 0.3) is 0 Å². The SMILES string of the molecule is COc1cc(CN2CCCN(c3ccnc(C)c3)CC2)cc(Cl)c1O. The first-order valence-corrected chi connectivity index (χ1v) is 8.90. The number of hydrogen-bond acceptors (Lipinski definition) is 5. The smallest absolute Gasteiger partial charge is 0.176 e. The molecule has 0 aliphatic carbocycles. The van der Waals surface area contributed by atoms with E-state index in [1.54, 1.807) is 0 Å². The van der Waals surface area contributed by atoms with Gasteiger partial charge in [-0.3, -0.25) is 9.88 Å². The molecular weight excluding hydrogens is 338 g/mol. The monoisotopic (exact) mass is 361 g/mol. The first kappa shape index (κ1) is 17.8. The van der Waals surface area contributed by atoms with Gasteiger partial charge in [0.15, 0.2) is 11.5 Å². The van der Waals surface area contributed by atoms with Crippen LogP contribution in [0, 0.1) is 6.92 Å². The molecule has 1 aliphatic rings. The van der Waals surface area contributed by atoms with Crippen LogP contribution in [0.15, 0.2) is 30.5 Å². The molecule has 0 spiro atoms. The van der Waals surface area contributed by atoms with E-state index in [4.69, 9.17) is 16.3 Å². The Kier molecular flexibility index (Phi) is 5.66. The minimum absolute atomic E-state index is 0.00279. The molecule has 1 fully saturated rings. The van der Waals surface area contributed by atoms with E-state index in [1.807, 2.05) is 25.3 Å². The molecule has 0 saturated carbocycles. The lowest BCUT2D eigenvalue weighted by molar-refractivity contribution is 0.284. The molecule has 3 rings (SSSR count). The van der Waals surface area contributed by atoms with Gasteiger partial charge >= 0.3 is 0 Å². The number of benzene rings is 1. The van der Waals surface area contributed by atoms with Crippen LogP contribution in [0.1, 0.15) is 17.7 Å². The van der Waals surface area contributed by atoms with Crippen molar-refractivity contribution in [3.8, 4) is 11.5 Å². The normalized spacial score (nSPS) is 15.9. The second-order valence-electron chi connectivity index (χ2n) is 6.40. The van der Waals surface area contributed by atoms with Gasteiger partial charge in [0.25, 0.3) is 0 Å². The third-order valence-electron chi connectivity index (χ3n) is 4.55. The first-order chi connectivity index (χ1) is 12.1. The maximum atomic E-state index is 9.87. The van der Waals surface area contributed by atoms with Crippen molar-refractivity contribution in [2.24, 2.45) is 0 Å². The summed E-state index contributed by atoms with van der Waals surface area (Å²) < 4.78 is 5.20. The van der Waals surface area contributed by atoms with Crippen LogP contribution in [-0.2, 0) is 6.54 Å². The number of methoxy groups -OCH3 is 1. The maximum Gasteiger partial charge on any atom is 0.176 e. The number of ether oxygens (including phenoxy) is 1. The van der Waals surface area contributed by atoms with Crippen molar-refractivity contribution in [2.45, 2.75) is 19.9 Å². The molecule has 1 saturated heterocycles.